The second-order valence-corrected chi connectivity index (χ2v) is 4.90. The van der Waals surface area contributed by atoms with E-state index in [1.165, 1.54) is 4.90 Å². The first-order valence-electron chi connectivity index (χ1n) is 6.33. The number of hydrogen-bond donors (Lipinski definition) is 2. The number of hydrogen-bond acceptors (Lipinski definition) is 4. The molecule has 2 N–H and O–H groups in total. The number of likely N-dealkylation sites (N-methyl/N-ethyl adjacent to an activating group) is 1. The summed E-state index contributed by atoms with van der Waals surface area (Å²) in [6.07, 6.45) is 0.367. The van der Waals surface area contributed by atoms with Crippen LogP contribution in [0.5, 0.6) is 0 Å². The van der Waals surface area contributed by atoms with Crippen LogP contribution < -0.4 is 10.6 Å². The Morgan fingerprint density at radius 3 is 2.68 bits per heavy atom. The molecule has 2 amide bonds. The molecule has 0 aromatic carbocycles. The molecule has 1 aliphatic rings. The summed E-state index contributed by atoms with van der Waals surface area (Å²) < 4.78 is 5.28. The lowest BCUT2D eigenvalue weighted by Crippen LogP contribution is -2.46. The van der Waals surface area contributed by atoms with E-state index < -0.39 is 0 Å². The van der Waals surface area contributed by atoms with Crippen molar-refractivity contribution in [1.29, 1.82) is 0 Å². The van der Waals surface area contributed by atoms with E-state index in [-0.39, 0.29) is 42.8 Å². The molecule has 0 spiro atoms. The quantitative estimate of drug-likeness (QED) is 0.735. The topological polar surface area (TPSA) is 70.7 Å². The molecule has 1 fully saturated rings. The van der Waals surface area contributed by atoms with Crippen LogP contribution in [0.3, 0.4) is 0 Å². The van der Waals surface area contributed by atoms with Crippen LogP contribution in [0.2, 0.25) is 0 Å². The SMILES string of the molecule is CC(C)NC(=O)CN(C)C(=O)CC1COCCN1.Cl. The van der Waals surface area contributed by atoms with E-state index in [0.29, 0.717) is 19.6 Å². The smallest absolute Gasteiger partial charge is 0.239 e. The number of amides is 2. The average Bonchev–Trinajstić information content (AvgIpc) is 2.28. The number of morpholine rings is 1. The summed E-state index contributed by atoms with van der Waals surface area (Å²) >= 11 is 0. The van der Waals surface area contributed by atoms with E-state index in [1.54, 1.807) is 7.05 Å². The molecular formula is C12H24ClN3O3. The van der Waals surface area contributed by atoms with Gasteiger partial charge in [0.15, 0.2) is 0 Å². The molecule has 1 unspecified atom stereocenters. The first-order valence-corrected chi connectivity index (χ1v) is 6.33. The Morgan fingerprint density at radius 1 is 1.47 bits per heavy atom. The highest BCUT2D eigenvalue weighted by atomic mass is 35.5. The minimum absolute atomic E-state index is 0. The van der Waals surface area contributed by atoms with Gasteiger partial charge in [-0.3, -0.25) is 9.59 Å². The minimum Gasteiger partial charge on any atom is -0.378 e. The van der Waals surface area contributed by atoms with Crippen molar-refractivity contribution in [3.63, 3.8) is 0 Å². The predicted molar refractivity (Wildman–Crippen MR) is 75.4 cm³/mol. The average molecular weight is 294 g/mol. The van der Waals surface area contributed by atoms with E-state index in [1.807, 2.05) is 13.8 Å². The molecule has 1 atom stereocenters. The van der Waals surface area contributed by atoms with Gasteiger partial charge in [-0.25, -0.2) is 0 Å². The summed E-state index contributed by atoms with van der Waals surface area (Å²) in [4.78, 5) is 24.9. The Bertz CT molecular complexity index is 294. The predicted octanol–water partition coefficient (Wildman–Crippen LogP) is -0.230. The summed E-state index contributed by atoms with van der Waals surface area (Å²) in [5.41, 5.74) is 0. The summed E-state index contributed by atoms with van der Waals surface area (Å²) in [5, 5.41) is 5.98. The van der Waals surface area contributed by atoms with Gasteiger partial charge in [-0.2, -0.15) is 0 Å². The van der Waals surface area contributed by atoms with Crippen LogP contribution in [-0.4, -0.2) is 62.1 Å². The normalized spacial score (nSPS) is 18.6. The first-order chi connectivity index (χ1) is 8.49. The van der Waals surface area contributed by atoms with Crippen LogP contribution in [0.4, 0.5) is 0 Å². The molecule has 7 heteroatoms. The van der Waals surface area contributed by atoms with Crippen molar-refractivity contribution in [2.24, 2.45) is 0 Å². The monoisotopic (exact) mass is 293 g/mol. The number of nitrogens with one attached hydrogen (secondary N) is 2. The number of carbonyl (C=O) groups is 2. The third-order valence-corrected chi connectivity index (χ3v) is 2.68. The molecule has 0 bridgehead atoms. The minimum atomic E-state index is -0.131. The molecular weight excluding hydrogens is 270 g/mol. The van der Waals surface area contributed by atoms with Gasteiger partial charge in [-0.15, -0.1) is 12.4 Å². The zero-order chi connectivity index (χ0) is 13.5. The molecule has 0 aromatic heterocycles. The fourth-order valence-corrected chi connectivity index (χ4v) is 1.79. The van der Waals surface area contributed by atoms with Gasteiger partial charge in [-0.05, 0) is 13.8 Å². The van der Waals surface area contributed by atoms with Gasteiger partial charge in [0.2, 0.25) is 11.8 Å². The lowest BCUT2D eigenvalue weighted by atomic mass is 10.2. The highest BCUT2D eigenvalue weighted by molar-refractivity contribution is 5.85. The zero-order valence-corrected chi connectivity index (χ0v) is 12.6. The van der Waals surface area contributed by atoms with Crippen molar-refractivity contribution >= 4 is 24.2 Å². The molecule has 1 heterocycles. The number of ether oxygens (including phenoxy) is 1. The van der Waals surface area contributed by atoms with E-state index >= 15 is 0 Å². The number of nitrogens with zero attached hydrogens (tertiary/aromatic N) is 1. The lowest BCUT2D eigenvalue weighted by molar-refractivity contribution is -0.135. The molecule has 1 aliphatic heterocycles. The van der Waals surface area contributed by atoms with Crippen molar-refractivity contribution < 1.29 is 14.3 Å². The van der Waals surface area contributed by atoms with Crippen molar-refractivity contribution in [2.75, 3.05) is 33.4 Å². The summed E-state index contributed by atoms with van der Waals surface area (Å²) in [6, 6.07) is 0.149. The molecule has 1 saturated heterocycles. The van der Waals surface area contributed by atoms with Gasteiger partial charge in [-0.1, -0.05) is 0 Å². The second kappa shape index (κ2) is 9.12. The standard InChI is InChI=1S/C12H23N3O3.ClH/c1-9(2)14-11(16)7-15(3)12(17)6-10-8-18-5-4-13-10;/h9-10,13H,4-8H2,1-3H3,(H,14,16);1H. The number of rotatable bonds is 5. The van der Waals surface area contributed by atoms with Gasteiger partial charge in [0.05, 0.1) is 19.8 Å². The second-order valence-electron chi connectivity index (χ2n) is 4.90. The highest BCUT2D eigenvalue weighted by Gasteiger charge is 2.20. The molecule has 0 aromatic rings. The Hall–Kier alpha value is -0.850. The van der Waals surface area contributed by atoms with Crippen molar-refractivity contribution in [3.8, 4) is 0 Å². The fraction of sp³-hybridized carbons (Fsp3) is 0.833. The maximum Gasteiger partial charge on any atom is 0.239 e. The van der Waals surface area contributed by atoms with Crippen LogP contribution in [0.15, 0.2) is 0 Å². The Kier molecular flexibility index (Phi) is 8.71. The number of carbonyl (C=O) groups excluding carboxylic acids is 2. The Balaban J connectivity index is 0.00000324. The molecule has 19 heavy (non-hydrogen) atoms. The van der Waals surface area contributed by atoms with Crippen molar-refractivity contribution in [3.05, 3.63) is 0 Å². The van der Waals surface area contributed by atoms with Crippen LogP contribution in [0.25, 0.3) is 0 Å². The molecule has 6 nitrogen and oxygen atoms in total. The Labute approximate surface area is 120 Å². The summed E-state index contributed by atoms with van der Waals surface area (Å²) in [7, 11) is 1.64. The summed E-state index contributed by atoms with van der Waals surface area (Å²) in [6.45, 7) is 5.90. The van der Waals surface area contributed by atoms with E-state index in [9.17, 15) is 9.59 Å². The highest BCUT2D eigenvalue weighted by Crippen LogP contribution is 2.01. The van der Waals surface area contributed by atoms with Crippen molar-refractivity contribution in [1.82, 2.24) is 15.5 Å². The fourth-order valence-electron chi connectivity index (χ4n) is 1.79. The van der Waals surface area contributed by atoms with Crippen LogP contribution in [-0.2, 0) is 14.3 Å². The largest absolute Gasteiger partial charge is 0.378 e. The molecule has 0 saturated carbocycles. The van der Waals surface area contributed by atoms with Crippen LogP contribution >= 0.6 is 12.4 Å². The van der Waals surface area contributed by atoms with Crippen LogP contribution in [0.1, 0.15) is 20.3 Å². The van der Waals surface area contributed by atoms with Gasteiger partial charge in [0.25, 0.3) is 0 Å². The van der Waals surface area contributed by atoms with Crippen LogP contribution in [0, 0.1) is 0 Å². The van der Waals surface area contributed by atoms with E-state index in [0.717, 1.165) is 6.54 Å². The van der Waals surface area contributed by atoms with Gasteiger partial charge in [0.1, 0.15) is 0 Å². The van der Waals surface area contributed by atoms with Gasteiger partial charge in [0, 0.05) is 32.1 Å². The lowest BCUT2D eigenvalue weighted by Gasteiger charge is -2.25. The first kappa shape index (κ1) is 18.1. The van der Waals surface area contributed by atoms with E-state index in [4.69, 9.17) is 4.74 Å². The molecule has 112 valence electrons. The van der Waals surface area contributed by atoms with Gasteiger partial charge >= 0.3 is 0 Å². The molecule has 0 aliphatic carbocycles. The maximum absolute atomic E-state index is 11.9. The zero-order valence-electron chi connectivity index (χ0n) is 11.8. The van der Waals surface area contributed by atoms with Gasteiger partial charge < -0.3 is 20.3 Å². The third-order valence-electron chi connectivity index (χ3n) is 2.68. The van der Waals surface area contributed by atoms with Crippen molar-refractivity contribution in [2.45, 2.75) is 32.4 Å². The summed E-state index contributed by atoms with van der Waals surface area (Å²) in [5.74, 6) is -0.175. The maximum atomic E-state index is 11.9. The molecule has 1 rings (SSSR count). The molecule has 0 radical (unpaired) electrons. The van der Waals surface area contributed by atoms with E-state index in [2.05, 4.69) is 10.6 Å². The number of halogens is 1. The Morgan fingerprint density at radius 2 is 2.16 bits per heavy atom. The third kappa shape index (κ3) is 7.34.